The van der Waals surface area contributed by atoms with E-state index >= 15 is 0 Å². The van der Waals surface area contributed by atoms with Crippen LogP contribution in [-0.2, 0) is 11.2 Å². The number of fused-ring (bicyclic) bond motifs is 1. The second kappa shape index (κ2) is 8.19. The summed E-state index contributed by atoms with van der Waals surface area (Å²) in [6.45, 7) is 5.99. The predicted octanol–water partition coefficient (Wildman–Crippen LogP) is 2.70. The molecule has 6 nitrogen and oxygen atoms in total. The summed E-state index contributed by atoms with van der Waals surface area (Å²) in [6, 6.07) is 12.3. The van der Waals surface area contributed by atoms with Gasteiger partial charge in [-0.15, -0.1) is 0 Å². The van der Waals surface area contributed by atoms with Crippen LogP contribution in [0.4, 0.5) is 11.5 Å². The fraction of sp³-hybridized carbons (Fsp3) is 0.400. The van der Waals surface area contributed by atoms with Crippen molar-refractivity contribution in [2.45, 2.75) is 38.3 Å². The van der Waals surface area contributed by atoms with Crippen LogP contribution in [0.5, 0.6) is 0 Å². The highest BCUT2D eigenvalue weighted by molar-refractivity contribution is 5.70. The monoisotopic (exact) mass is 354 g/mol. The summed E-state index contributed by atoms with van der Waals surface area (Å²) < 4.78 is 0. The minimum absolute atomic E-state index is 0.0640. The number of benzene rings is 1. The molecule has 6 heteroatoms. The predicted molar refractivity (Wildman–Crippen MR) is 104 cm³/mol. The highest BCUT2D eigenvalue weighted by Gasteiger charge is 2.23. The van der Waals surface area contributed by atoms with Gasteiger partial charge in [0, 0.05) is 25.3 Å². The second-order valence-corrected chi connectivity index (χ2v) is 6.94. The van der Waals surface area contributed by atoms with Gasteiger partial charge in [0.15, 0.2) is 0 Å². The van der Waals surface area contributed by atoms with Gasteiger partial charge in [-0.3, -0.25) is 4.79 Å². The maximum atomic E-state index is 10.9. The van der Waals surface area contributed by atoms with Gasteiger partial charge in [0.2, 0.25) is 0 Å². The molecule has 1 aromatic carbocycles. The molecule has 1 aromatic heterocycles. The van der Waals surface area contributed by atoms with Crippen LogP contribution in [0.25, 0.3) is 0 Å². The third kappa shape index (κ3) is 4.52. The molecule has 0 amide bonds. The molecule has 4 N–H and O–H groups in total. The highest BCUT2D eigenvalue weighted by atomic mass is 16.4. The Morgan fingerprint density at radius 2 is 2.19 bits per heavy atom. The molecular weight excluding hydrogens is 328 g/mol. The molecule has 0 saturated carbocycles. The van der Waals surface area contributed by atoms with Crippen molar-refractivity contribution in [3.8, 4) is 0 Å². The molecule has 2 aromatic rings. The smallest absolute Gasteiger partial charge is 0.307 e. The van der Waals surface area contributed by atoms with Crippen molar-refractivity contribution in [3.63, 3.8) is 0 Å². The second-order valence-electron chi connectivity index (χ2n) is 6.94. The number of aromatic nitrogens is 1. The normalized spacial score (nSPS) is 18.2. The Labute approximate surface area is 154 Å². The standard InChI is InChI=1S/C20H26N4O2/c1-13(16-6-3-5-15(9-16)10-19(25)26)11-22-14(2)18-12-23-17-7-4-8-21-20(17)24-18/h3-9,13-14,18,22-23H,10-12H2,1-2H3,(H,21,24)(H,25,26)/t13-,14+,18+/m0/s1. The molecule has 0 unspecified atom stereocenters. The van der Waals surface area contributed by atoms with Crippen molar-refractivity contribution in [1.82, 2.24) is 10.3 Å². The number of carboxylic acids is 1. The summed E-state index contributed by atoms with van der Waals surface area (Å²) in [6.07, 6.45) is 1.86. The van der Waals surface area contributed by atoms with E-state index in [9.17, 15) is 4.79 Å². The minimum Gasteiger partial charge on any atom is -0.481 e. The van der Waals surface area contributed by atoms with Crippen LogP contribution in [0, 0.1) is 0 Å². The van der Waals surface area contributed by atoms with Gasteiger partial charge in [-0.2, -0.15) is 0 Å². The molecule has 0 bridgehead atoms. The molecule has 3 rings (SSSR count). The topological polar surface area (TPSA) is 86.3 Å². The van der Waals surface area contributed by atoms with Crippen LogP contribution < -0.4 is 16.0 Å². The molecule has 0 radical (unpaired) electrons. The van der Waals surface area contributed by atoms with E-state index in [1.165, 1.54) is 0 Å². The maximum Gasteiger partial charge on any atom is 0.307 e. The summed E-state index contributed by atoms with van der Waals surface area (Å²) >= 11 is 0. The summed E-state index contributed by atoms with van der Waals surface area (Å²) in [5.41, 5.74) is 3.04. The number of carbonyl (C=O) groups is 1. The largest absolute Gasteiger partial charge is 0.481 e. The molecule has 0 saturated heterocycles. The van der Waals surface area contributed by atoms with E-state index in [2.05, 4.69) is 40.8 Å². The Bertz CT molecular complexity index is 765. The van der Waals surface area contributed by atoms with Crippen LogP contribution in [-0.4, -0.2) is 41.2 Å². The van der Waals surface area contributed by atoms with Crippen molar-refractivity contribution in [2.24, 2.45) is 0 Å². The molecule has 1 aliphatic heterocycles. The average Bonchev–Trinajstić information content (AvgIpc) is 2.65. The quantitative estimate of drug-likeness (QED) is 0.612. The van der Waals surface area contributed by atoms with Gasteiger partial charge in [0.1, 0.15) is 5.82 Å². The molecule has 0 spiro atoms. The van der Waals surface area contributed by atoms with Crippen molar-refractivity contribution >= 4 is 17.5 Å². The number of hydrogen-bond acceptors (Lipinski definition) is 5. The van der Waals surface area contributed by atoms with Gasteiger partial charge in [0.25, 0.3) is 0 Å². The van der Waals surface area contributed by atoms with E-state index in [4.69, 9.17) is 5.11 Å². The zero-order chi connectivity index (χ0) is 18.5. The summed E-state index contributed by atoms with van der Waals surface area (Å²) in [7, 11) is 0. The first kappa shape index (κ1) is 18.2. The third-order valence-electron chi connectivity index (χ3n) is 4.87. The van der Waals surface area contributed by atoms with Crippen LogP contribution in [0.15, 0.2) is 42.6 Å². The van der Waals surface area contributed by atoms with Gasteiger partial charge in [-0.25, -0.2) is 4.98 Å². The van der Waals surface area contributed by atoms with E-state index in [0.717, 1.165) is 35.7 Å². The van der Waals surface area contributed by atoms with E-state index in [1.54, 1.807) is 6.20 Å². The lowest BCUT2D eigenvalue weighted by atomic mass is 9.97. The molecule has 2 heterocycles. The fourth-order valence-electron chi connectivity index (χ4n) is 3.22. The Kier molecular flexibility index (Phi) is 5.73. The fourth-order valence-corrected chi connectivity index (χ4v) is 3.22. The summed E-state index contributed by atoms with van der Waals surface area (Å²) in [5, 5.41) is 19.5. The lowest BCUT2D eigenvalue weighted by molar-refractivity contribution is -0.136. The van der Waals surface area contributed by atoms with Crippen LogP contribution in [0.2, 0.25) is 0 Å². The lowest BCUT2D eigenvalue weighted by Crippen LogP contribution is -2.48. The number of pyridine rings is 1. The van der Waals surface area contributed by atoms with Crippen LogP contribution in [0.3, 0.4) is 0 Å². The van der Waals surface area contributed by atoms with Gasteiger partial charge in [0.05, 0.1) is 18.2 Å². The van der Waals surface area contributed by atoms with Gasteiger partial charge in [-0.1, -0.05) is 31.2 Å². The number of hydrogen-bond donors (Lipinski definition) is 4. The molecule has 1 aliphatic rings. The van der Waals surface area contributed by atoms with Crippen molar-refractivity contribution in [2.75, 3.05) is 23.7 Å². The lowest BCUT2D eigenvalue weighted by Gasteiger charge is -2.32. The van der Waals surface area contributed by atoms with E-state index in [0.29, 0.717) is 5.92 Å². The van der Waals surface area contributed by atoms with Crippen molar-refractivity contribution in [1.29, 1.82) is 0 Å². The number of anilines is 2. The Balaban J connectivity index is 1.54. The molecule has 138 valence electrons. The first-order valence-electron chi connectivity index (χ1n) is 9.02. The number of rotatable bonds is 7. The minimum atomic E-state index is -0.800. The first-order valence-corrected chi connectivity index (χ1v) is 9.02. The molecule has 3 atom stereocenters. The van der Waals surface area contributed by atoms with Gasteiger partial charge in [-0.05, 0) is 36.1 Å². The van der Waals surface area contributed by atoms with Crippen LogP contribution in [0.1, 0.15) is 30.9 Å². The SMILES string of the molecule is C[C@@H](CN[C@H](C)[C@H]1CNc2cccnc2N1)c1cccc(CC(=O)O)c1. The highest BCUT2D eigenvalue weighted by Crippen LogP contribution is 2.23. The summed E-state index contributed by atoms with van der Waals surface area (Å²) in [5.74, 6) is 0.395. The Morgan fingerprint density at radius 1 is 1.35 bits per heavy atom. The number of nitrogens with zero attached hydrogens (tertiary/aromatic N) is 1. The first-order chi connectivity index (χ1) is 12.5. The zero-order valence-corrected chi connectivity index (χ0v) is 15.2. The van der Waals surface area contributed by atoms with Crippen LogP contribution >= 0.6 is 0 Å². The van der Waals surface area contributed by atoms with Crippen molar-refractivity contribution in [3.05, 3.63) is 53.7 Å². The maximum absolute atomic E-state index is 10.9. The van der Waals surface area contributed by atoms with E-state index in [-0.39, 0.29) is 18.5 Å². The third-order valence-corrected chi connectivity index (χ3v) is 4.87. The summed E-state index contributed by atoms with van der Waals surface area (Å²) in [4.78, 5) is 15.3. The average molecular weight is 354 g/mol. The molecule has 26 heavy (non-hydrogen) atoms. The van der Waals surface area contributed by atoms with E-state index < -0.39 is 5.97 Å². The number of aliphatic carboxylic acids is 1. The number of carboxylic acid groups (broad SMARTS) is 1. The molecule has 0 aliphatic carbocycles. The van der Waals surface area contributed by atoms with E-state index in [1.807, 2.05) is 30.3 Å². The van der Waals surface area contributed by atoms with Gasteiger partial charge < -0.3 is 21.1 Å². The molecular formula is C20H26N4O2. The molecule has 0 fully saturated rings. The Hall–Kier alpha value is -2.60. The van der Waals surface area contributed by atoms with Gasteiger partial charge >= 0.3 is 5.97 Å². The number of nitrogens with one attached hydrogen (secondary N) is 3. The zero-order valence-electron chi connectivity index (χ0n) is 15.2. The van der Waals surface area contributed by atoms with Crippen molar-refractivity contribution < 1.29 is 9.90 Å². The Morgan fingerprint density at radius 3 is 3.00 bits per heavy atom.